The summed E-state index contributed by atoms with van der Waals surface area (Å²) in [5.74, 6) is -4.09. The van der Waals surface area contributed by atoms with E-state index in [1.165, 1.54) is 6.92 Å². The highest BCUT2D eigenvalue weighted by molar-refractivity contribution is 5.11. The fourth-order valence-corrected chi connectivity index (χ4v) is 0.531. The van der Waals surface area contributed by atoms with Gasteiger partial charge in [-0.25, -0.2) is 9.37 Å². The lowest BCUT2D eigenvalue weighted by Crippen LogP contribution is -1.96. The van der Waals surface area contributed by atoms with Crippen molar-refractivity contribution in [3.05, 3.63) is 29.3 Å². The lowest BCUT2D eigenvalue weighted by atomic mass is 10.3. The summed E-state index contributed by atoms with van der Waals surface area (Å²) in [6, 6.07) is 0. The Morgan fingerprint density at radius 2 is 1.80 bits per heavy atom. The molecule has 0 unspecified atom stereocenters. The number of aromatic nitrogens is 1. The first-order chi connectivity index (χ1) is 4.63. The average Bonchev–Trinajstić information content (AvgIpc) is 1.93. The standard InChI is InChI=1S/C6H4F3N/c1-3-2-10-6(9)5(8)4(3)7/h2H,1H3. The molecule has 0 N–H and O–H groups in total. The van der Waals surface area contributed by atoms with Crippen LogP contribution in [0.4, 0.5) is 13.2 Å². The second kappa shape index (κ2) is 2.28. The molecule has 0 aliphatic heterocycles. The van der Waals surface area contributed by atoms with Crippen LogP contribution in [0, 0.1) is 24.5 Å². The molecule has 0 spiro atoms. The van der Waals surface area contributed by atoms with Crippen molar-refractivity contribution in [2.24, 2.45) is 0 Å². The zero-order valence-electron chi connectivity index (χ0n) is 5.16. The van der Waals surface area contributed by atoms with Crippen LogP contribution in [0.2, 0.25) is 0 Å². The SMILES string of the molecule is Cc1cnc(F)c(F)c1F. The molecule has 0 aliphatic rings. The quantitative estimate of drug-likeness (QED) is 0.510. The first-order valence-corrected chi connectivity index (χ1v) is 2.59. The predicted octanol–water partition coefficient (Wildman–Crippen LogP) is 1.81. The molecule has 1 aromatic rings. The Hall–Kier alpha value is -1.06. The van der Waals surface area contributed by atoms with E-state index in [2.05, 4.69) is 4.98 Å². The van der Waals surface area contributed by atoms with E-state index < -0.39 is 17.6 Å². The van der Waals surface area contributed by atoms with Gasteiger partial charge in [-0.15, -0.1) is 0 Å². The van der Waals surface area contributed by atoms with Gasteiger partial charge in [0.05, 0.1) is 0 Å². The fraction of sp³-hybridized carbons (Fsp3) is 0.167. The van der Waals surface area contributed by atoms with Crippen molar-refractivity contribution in [1.82, 2.24) is 4.98 Å². The number of pyridine rings is 1. The number of nitrogens with zero attached hydrogens (tertiary/aromatic N) is 1. The van der Waals surface area contributed by atoms with Crippen LogP contribution >= 0.6 is 0 Å². The van der Waals surface area contributed by atoms with Crippen LogP contribution in [0.15, 0.2) is 6.20 Å². The third kappa shape index (κ3) is 0.964. The Morgan fingerprint density at radius 1 is 1.20 bits per heavy atom. The highest BCUT2D eigenvalue weighted by atomic mass is 19.2. The molecule has 0 aliphatic carbocycles. The Balaban J connectivity index is 3.34. The van der Waals surface area contributed by atoms with Gasteiger partial charge < -0.3 is 0 Å². The normalized spacial score (nSPS) is 10.0. The van der Waals surface area contributed by atoms with Crippen molar-refractivity contribution >= 4 is 0 Å². The molecular formula is C6H4F3N. The molecule has 0 atom stereocenters. The van der Waals surface area contributed by atoms with Crippen molar-refractivity contribution in [3.8, 4) is 0 Å². The summed E-state index contributed by atoms with van der Waals surface area (Å²) in [4.78, 5) is 2.96. The van der Waals surface area contributed by atoms with Crippen LogP contribution in [0.3, 0.4) is 0 Å². The Morgan fingerprint density at radius 3 is 2.30 bits per heavy atom. The average molecular weight is 147 g/mol. The molecule has 0 saturated heterocycles. The van der Waals surface area contributed by atoms with Crippen molar-refractivity contribution < 1.29 is 13.2 Å². The molecule has 1 rings (SSSR count). The number of halogens is 3. The summed E-state index contributed by atoms with van der Waals surface area (Å²) < 4.78 is 36.5. The van der Waals surface area contributed by atoms with Crippen LogP contribution in [-0.2, 0) is 0 Å². The summed E-state index contributed by atoms with van der Waals surface area (Å²) >= 11 is 0. The molecule has 0 amide bonds. The van der Waals surface area contributed by atoms with Crippen molar-refractivity contribution in [1.29, 1.82) is 0 Å². The maximum atomic E-state index is 12.3. The van der Waals surface area contributed by atoms with Crippen LogP contribution in [-0.4, -0.2) is 4.98 Å². The van der Waals surface area contributed by atoms with E-state index in [-0.39, 0.29) is 5.56 Å². The van der Waals surface area contributed by atoms with Gasteiger partial charge in [-0.2, -0.15) is 8.78 Å². The summed E-state index contributed by atoms with van der Waals surface area (Å²) in [7, 11) is 0. The summed E-state index contributed by atoms with van der Waals surface area (Å²) in [5.41, 5.74) is -0.00102. The van der Waals surface area contributed by atoms with Crippen LogP contribution in [0.1, 0.15) is 5.56 Å². The Bertz CT molecular complexity index is 232. The molecule has 1 aromatic heterocycles. The molecule has 4 heteroatoms. The first kappa shape index (κ1) is 7.05. The van der Waals surface area contributed by atoms with Gasteiger partial charge in [-0.05, 0) is 6.92 Å². The van der Waals surface area contributed by atoms with Crippen LogP contribution in [0.5, 0.6) is 0 Å². The van der Waals surface area contributed by atoms with Gasteiger partial charge in [0, 0.05) is 11.8 Å². The van der Waals surface area contributed by atoms with Gasteiger partial charge in [0.15, 0.2) is 5.82 Å². The number of hydrogen-bond acceptors (Lipinski definition) is 1. The minimum absolute atomic E-state index is 0.00102. The smallest absolute Gasteiger partial charge is 0.225 e. The zero-order valence-corrected chi connectivity index (χ0v) is 5.16. The molecule has 1 heterocycles. The van der Waals surface area contributed by atoms with Gasteiger partial charge in [-0.1, -0.05) is 0 Å². The molecule has 0 bridgehead atoms. The summed E-state index contributed by atoms with van der Waals surface area (Å²) in [6.45, 7) is 1.31. The largest absolute Gasteiger partial charge is 0.251 e. The van der Waals surface area contributed by atoms with E-state index in [9.17, 15) is 13.2 Å². The topological polar surface area (TPSA) is 12.9 Å². The molecule has 1 nitrogen and oxygen atoms in total. The van der Waals surface area contributed by atoms with E-state index in [1.54, 1.807) is 0 Å². The van der Waals surface area contributed by atoms with Crippen LogP contribution in [0.25, 0.3) is 0 Å². The monoisotopic (exact) mass is 147 g/mol. The van der Waals surface area contributed by atoms with Crippen LogP contribution < -0.4 is 0 Å². The zero-order chi connectivity index (χ0) is 7.72. The lowest BCUT2D eigenvalue weighted by molar-refractivity contribution is 0.423. The van der Waals surface area contributed by atoms with E-state index in [0.717, 1.165) is 6.20 Å². The molecule has 54 valence electrons. The molecule has 0 radical (unpaired) electrons. The highest BCUT2D eigenvalue weighted by Gasteiger charge is 2.10. The molecule has 0 aromatic carbocycles. The number of aryl methyl sites for hydroxylation is 1. The fourth-order valence-electron chi connectivity index (χ4n) is 0.531. The summed E-state index contributed by atoms with van der Waals surface area (Å²) in [5, 5.41) is 0. The first-order valence-electron chi connectivity index (χ1n) is 2.59. The molecule has 10 heavy (non-hydrogen) atoms. The highest BCUT2D eigenvalue weighted by Crippen LogP contribution is 2.10. The third-order valence-corrected chi connectivity index (χ3v) is 1.09. The van der Waals surface area contributed by atoms with Crippen molar-refractivity contribution in [2.75, 3.05) is 0 Å². The second-order valence-corrected chi connectivity index (χ2v) is 1.86. The van der Waals surface area contributed by atoms with Crippen molar-refractivity contribution in [2.45, 2.75) is 6.92 Å². The maximum Gasteiger partial charge on any atom is 0.251 e. The predicted molar refractivity (Wildman–Crippen MR) is 28.8 cm³/mol. The van der Waals surface area contributed by atoms with E-state index in [1.807, 2.05) is 0 Å². The molecular weight excluding hydrogens is 143 g/mol. The third-order valence-electron chi connectivity index (χ3n) is 1.09. The van der Waals surface area contributed by atoms with Gasteiger partial charge in [0.25, 0.3) is 5.95 Å². The van der Waals surface area contributed by atoms with Gasteiger partial charge in [0.1, 0.15) is 0 Å². The second-order valence-electron chi connectivity index (χ2n) is 1.86. The molecule has 0 fully saturated rings. The van der Waals surface area contributed by atoms with Gasteiger partial charge >= 0.3 is 0 Å². The minimum Gasteiger partial charge on any atom is -0.225 e. The van der Waals surface area contributed by atoms with Crippen molar-refractivity contribution in [3.63, 3.8) is 0 Å². The van der Waals surface area contributed by atoms with Gasteiger partial charge in [-0.3, -0.25) is 0 Å². The Labute approximate surface area is 55.5 Å². The number of rotatable bonds is 0. The van der Waals surface area contributed by atoms with E-state index in [4.69, 9.17) is 0 Å². The summed E-state index contributed by atoms with van der Waals surface area (Å²) in [6.07, 6.45) is 0.938. The lowest BCUT2D eigenvalue weighted by Gasteiger charge is -1.95. The Kier molecular flexibility index (Phi) is 1.61. The van der Waals surface area contributed by atoms with E-state index >= 15 is 0 Å². The minimum atomic E-state index is -1.51. The maximum absolute atomic E-state index is 12.3. The van der Waals surface area contributed by atoms with E-state index in [0.29, 0.717) is 0 Å². The number of hydrogen-bond donors (Lipinski definition) is 0. The van der Waals surface area contributed by atoms with Gasteiger partial charge in [0.2, 0.25) is 5.82 Å². The molecule has 0 saturated carbocycles.